The Labute approximate surface area is 255 Å². The molecule has 4 aromatic rings. The van der Waals surface area contributed by atoms with Gasteiger partial charge < -0.3 is 25.4 Å². The number of phosphoric acid groups is 1. The molecule has 0 amide bonds. The molecular weight excluding hydrogens is 538 g/mol. The van der Waals surface area contributed by atoms with Gasteiger partial charge in [0.2, 0.25) is 0 Å². The van der Waals surface area contributed by atoms with Crippen molar-refractivity contribution in [2.24, 2.45) is 0 Å². The van der Waals surface area contributed by atoms with Gasteiger partial charge in [0.15, 0.2) is 11.6 Å². The second-order valence-corrected chi connectivity index (χ2v) is 10.3. The van der Waals surface area contributed by atoms with Crippen molar-refractivity contribution in [3.8, 4) is 11.5 Å². The van der Waals surface area contributed by atoms with E-state index in [-0.39, 0.29) is 52.6 Å². The summed E-state index contributed by atoms with van der Waals surface area (Å²) in [5.74, 6) is 0.180. The number of benzene rings is 4. The molecular formula is C30H28N2NaO6P. The first-order valence-electron chi connectivity index (χ1n) is 12.3. The third-order valence-electron chi connectivity index (χ3n) is 6.03. The topological polar surface area (TPSA) is 145 Å². The zero-order valence-corrected chi connectivity index (χ0v) is 25.0. The Kier molecular flexibility index (Phi) is 11.1. The zero-order chi connectivity index (χ0) is 27.8. The number of anilines is 2. The molecule has 0 aliphatic carbocycles. The normalized spacial score (nSPS) is 10.8. The second-order valence-electron chi connectivity index (χ2n) is 9.01. The largest absolute Gasteiger partial charge is 1.00 e. The number of carbonyl (C=O) groups excluding carboxylic acids is 2. The van der Waals surface area contributed by atoms with Crippen LogP contribution in [0.25, 0.3) is 0 Å². The van der Waals surface area contributed by atoms with Crippen LogP contribution in [0.2, 0.25) is 0 Å². The van der Waals surface area contributed by atoms with Crippen LogP contribution in [0.15, 0.2) is 97.1 Å². The first kappa shape index (κ1) is 31.1. The van der Waals surface area contributed by atoms with Crippen molar-refractivity contribution in [3.63, 3.8) is 0 Å². The monoisotopic (exact) mass is 566 g/mol. The first-order chi connectivity index (χ1) is 18.7. The van der Waals surface area contributed by atoms with Gasteiger partial charge in [-0.1, -0.05) is 24.3 Å². The molecule has 0 bridgehead atoms. The molecule has 200 valence electrons. The fraction of sp³-hybridized carbons (Fsp3) is 0.133. The van der Waals surface area contributed by atoms with Crippen LogP contribution in [0, 0.1) is 0 Å². The van der Waals surface area contributed by atoms with E-state index >= 15 is 0 Å². The van der Waals surface area contributed by atoms with E-state index in [0.717, 1.165) is 11.1 Å². The molecule has 0 aromatic heterocycles. The Morgan fingerprint density at radius 3 is 1.25 bits per heavy atom. The van der Waals surface area contributed by atoms with Crippen LogP contribution >= 0.6 is 7.82 Å². The summed E-state index contributed by atoms with van der Waals surface area (Å²) in [5, 5.41) is 0. The molecule has 0 aliphatic rings. The number of carbonyl (C=O) groups is 2. The molecule has 40 heavy (non-hydrogen) atoms. The molecule has 0 atom stereocenters. The number of Topliss-reactive ketones (excluding diaryl/α,β-unsaturated/α-hetero) is 2. The zero-order valence-electron chi connectivity index (χ0n) is 22.1. The molecule has 0 unspecified atom stereocenters. The summed E-state index contributed by atoms with van der Waals surface area (Å²) in [7, 11) is -4.70. The van der Waals surface area contributed by atoms with Gasteiger partial charge in [-0.15, -0.1) is 0 Å². The summed E-state index contributed by atoms with van der Waals surface area (Å²) >= 11 is 0. The molecule has 4 aromatic carbocycles. The van der Waals surface area contributed by atoms with E-state index in [1.807, 2.05) is 0 Å². The van der Waals surface area contributed by atoms with E-state index in [1.165, 1.54) is 24.3 Å². The molecule has 0 spiro atoms. The summed E-state index contributed by atoms with van der Waals surface area (Å²) in [6, 6.07) is 26.4. The number of aryl methyl sites for hydroxylation is 2. The number of hydrogen-bond acceptors (Lipinski definition) is 8. The number of phosphoric ester groups is 1. The van der Waals surface area contributed by atoms with Gasteiger partial charge in [-0.3, -0.25) is 9.59 Å². The van der Waals surface area contributed by atoms with Crippen LogP contribution in [0.4, 0.5) is 11.4 Å². The van der Waals surface area contributed by atoms with Crippen molar-refractivity contribution in [3.05, 3.63) is 119 Å². The Morgan fingerprint density at radius 1 is 0.600 bits per heavy atom. The minimum Gasteiger partial charge on any atom is -0.736 e. The maximum atomic E-state index is 12.4. The van der Waals surface area contributed by atoms with Crippen molar-refractivity contribution < 1.29 is 57.7 Å². The van der Waals surface area contributed by atoms with Crippen molar-refractivity contribution in [1.29, 1.82) is 0 Å². The van der Waals surface area contributed by atoms with Gasteiger partial charge in [-0.2, -0.15) is 0 Å². The van der Waals surface area contributed by atoms with Gasteiger partial charge in [-0.05, 0) is 96.8 Å². The molecule has 0 saturated heterocycles. The maximum Gasteiger partial charge on any atom is 1.00 e. The SMILES string of the molecule is Nc1ccc(C(=O)CCc2ccc(OP(=O)([O-])Oc3ccc(CCC(=O)c4ccc(N)cc4)cc3)cc2)cc1.[Na+]. The summed E-state index contributed by atoms with van der Waals surface area (Å²) in [6.45, 7) is 0. The molecule has 8 nitrogen and oxygen atoms in total. The van der Waals surface area contributed by atoms with Gasteiger partial charge in [-0.25, -0.2) is 4.57 Å². The average molecular weight is 567 g/mol. The van der Waals surface area contributed by atoms with Gasteiger partial charge in [0, 0.05) is 35.3 Å². The number of nitrogen functional groups attached to an aromatic ring is 2. The third kappa shape index (κ3) is 9.37. The Hall–Kier alpha value is -3.39. The van der Waals surface area contributed by atoms with Gasteiger partial charge in [0.1, 0.15) is 11.5 Å². The minimum absolute atomic E-state index is 0. The fourth-order valence-corrected chi connectivity index (χ4v) is 4.65. The number of ketones is 2. The number of hydrogen-bond donors (Lipinski definition) is 2. The van der Waals surface area contributed by atoms with Crippen LogP contribution in [-0.4, -0.2) is 11.6 Å². The smallest absolute Gasteiger partial charge is 0.736 e. The predicted molar refractivity (Wildman–Crippen MR) is 149 cm³/mol. The van der Waals surface area contributed by atoms with Crippen molar-refractivity contribution in [2.45, 2.75) is 25.7 Å². The summed E-state index contributed by atoms with van der Waals surface area (Å²) in [6.07, 6.45) is 1.59. The summed E-state index contributed by atoms with van der Waals surface area (Å²) in [4.78, 5) is 37.1. The molecule has 10 heteroatoms. The van der Waals surface area contributed by atoms with E-state index < -0.39 is 7.82 Å². The van der Waals surface area contributed by atoms with E-state index in [0.29, 0.717) is 48.2 Å². The van der Waals surface area contributed by atoms with Crippen LogP contribution < -0.4 is 55.0 Å². The maximum absolute atomic E-state index is 12.4. The minimum atomic E-state index is -4.70. The number of rotatable bonds is 12. The van der Waals surface area contributed by atoms with E-state index in [2.05, 4.69) is 0 Å². The van der Waals surface area contributed by atoms with E-state index in [1.54, 1.807) is 72.8 Å². The van der Waals surface area contributed by atoms with Crippen molar-refractivity contribution in [2.75, 3.05) is 11.5 Å². The van der Waals surface area contributed by atoms with Crippen LogP contribution in [0.5, 0.6) is 11.5 Å². The Balaban J connectivity index is 0.00000441. The molecule has 0 fully saturated rings. The molecule has 0 saturated carbocycles. The van der Waals surface area contributed by atoms with E-state index in [9.17, 15) is 19.0 Å². The molecule has 4 N–H and O–H groups in total. The third-order valence-corrected chi connectivity index (χ3v) is 6.90. The summed E-state index contributed by atoms with van der Waals surface area (Å²) < 4.78 is 22.6. The number of nitrogens with two attached hydrogens (primary N) is 2. The van der Waals surface area contributed by atoms with Gasteiger partial charge in [0.05, 0.1) is 0 Å². The molecule has 0 radical (unpaired) electrons. The standard InChI is InChI=1S/C30H29N2O6P.Na/c31-25-11-7-23(8-12-25)29(33)19-5-21-1-15-27(16-2-21)37-39(35,36)38-28-17-3-22(4-18-28)6-20-30(34)24-9-13-26(32)14-10-24;/h1-4,7-18H,5-6,19-20,31-32H2,(H,35,36);/q;+1/p-1. The Morgan fingerprint density at radius 2 is 0.925 bits per heavy atom. The molecule has 0 aliphatic heterocycles. The molecule has 4 rings (SSSR count). The van der Waals surface area contributed by atoms with Crippen LogP contribution in [0.3, 0.4) is 0 Å². The average Bonchev–Trinajstić information content (AvgIpc) is 2.92. The van der Waals surface area contributed by atoms with Crippen molar-refractivity contribution in [1.82, 2.24) is 0 Å². The summed E-state index contributed by atoms with van der Waals surface area (Å²) in [5.41, 5.74) is 15.4. The first-order valence-corrected chi connectivity index (χ1v) is 13.8. The predicted octanol–water partition coefficient (Wildman–Crippen LogP) is 2.41. The second kappa shape index (κ2) is 14.3. The van der Waals surface area contributed by atoms with Crippen LogP contribution in [-0.2, 0) is 17.4 Å². The fourth-order valence-electron chi connectivity index (χ4n) is 3.85. The van der Waals surface area contributed by atoms with Crippen molar-refractivity contribution >= 4 is 30.8 Å². The Bertz CT molecular complexity index is 1360. The molecule has 0 heterocycles. The van der Waals surface area contributed by atoms with Gasteiger partial charge >= 0.3 is 37.4 Å². The van der Waals surface area contributed by atoms with Gasteiger partial charge in [0.25, 0.3) is 0 Å². The quantitative estimate of drug-likeness (QED) is 0.115. The van der Waals surface area contributed by atoms with Crippen LogP contribution in [0.1, 0.15) is 44.7 Å². The van der Waals surface area contributed by atoms with E-state index in [4.69, 9.17) is 20.5 Å².